The van der Waals surface area contributed by atoms with Crippen molar-refractivity contribution in [2.45, 2.75) is 77.2 Å². The molecule has 0 aliphatic heterocycles. The fraction of sp³-hybridized carbons (Fsp3) is 0.600. The maximum absolute atomic E-state index is 10.5. The van der Waals surface area contributed by atoms with E-state index in [0.29, 0.717) is 5.95 Å². The first kappa shape index (κ1) is 25.1. The number of hydrogen-bond donors (Lipinski definition) is 3. The SMILES string of the molecule is Cc1nccc2sc(-c3cnc(NCCSC(C)(C)C)nc3NC3CCC(C(C)(C)O)C3)nc12. The molecule has 7 nitrogen and oxygen atoms in total. The lowest BCUT2D eigenvalue weighted by Crippen LogP contribution is -2.30. The molecule has 0 bridgehead atoms. The number of anilines is 2. The van der Waals surface area contributed by atoms with Crippen molar-refractivity contribution in [1.82, 2.24) is 19.9 Å². The van der Waals surface area contributed by atoms with Crippen LogP contribution in [0.4, 0.5) is 11.8 Å². The smallest absolute Gasteiger partial charge is 0.224 e. The van der Waals surface area contributed by atoms with Gasteiger partial charge in [-0.1, -0.05) is 20.8 Å². The third-order valence-electron chi connectivity index (χ3n) is 6.20. The van der Waals surface area contributed by atoms with E-state index in [-0.39, 0.29) is 16.7 Å². The Kier molecular flexibility index (Phi) is 7.36. The van der Waals surface area contributed by atoms with Crippen LogP contribution in [0, 0.1) is 12.8 Å². The van der Waals surface area contributed by atoms with Crippen LogP contribution in [0.3, 0.4) is 0 Å². The third kappa shape index (κ3) is 6.17. The van der Waals surface area contributed by atoms with E-state index < -0.39 is 5.60 Å². The zero-order valence-electron chi connectivity index (χ0n) is 21.0. The highest BCUT2D eigenvalue weighted by Gasteiger charge is 2.35. The van der Waals surface area contributed by atoms with Crippen LogP contribution >= 0.6 is 23.1 Å². The monoisotopic (exact) mass is 500 g/mol. The van der Waals surface area contributed by atoms with Crippen molar-refractivity contribution in [3.8, 4) is 10.6 Å². The number of aromatic nitrogens is 4. The molecule has 3 aromatic rings. The van der Waals surface area contributed by atoms with Gasteiger partial charge in [0.1, 0.15) is 16.3 Å². The Morgan fingerprint density at radius 1 is 1.15 bits per heavy atom. The highest BCUT2D eigenvalue weighted by Crippen LogP contribution is 2.38. The first-order valence-electron chi connectivity index (χ1n) is 12.0. The minimum Gasteiger partial charge on any atom is -0.390 e. The van der Waals surface area contributed by atoms with Gasteiger partial charge in [0.05, 0.1) is 21.6 Å². The zero-order chi connectivity index (χ0) is 24.5. The summed E-state index contributed by atoms with van der Waals surface area (Å²) in [6, 6.07) is 2.26. The maximum Gasteiger partial charge on any atom is 0.224 e. The molecule has 4 rings (SSSR count). The molecule has 3 N–H and O–H groups in total. The molecule has 1 fully saturated rings. The molecule has 1 aliphatic carbocycles. The lowest BCUT2D eigenvalue weighted by molar-refractivity contribution is 0.0197. The molecule has 0 saturated heterocycles. The van der Waals surface area contributed by atoms with Gasteiger partial charge < -0.3 is 15.7 Å². The lowest BCUT2D eigenvalue weighted by Gasteiger charge is -2.25. The fourth-order valence-electron chi connectivity index (χ4n) is 4.30. The van der Waals surface area contributed by atoms with Crippen molar-refractivity contribution >= 4 is 45.1 Å². The van der Waals surface area contributed by atoms with Gasteiger partial charge in [0, 0.05) is 35.5 Å². The third-order valence-corrected chi connectivity index (χ3v) is 8.53. The van der Waals surface area contributed by atoms with Crippen LogP contribution in [0.2, 0.25) is 0 Å². The molecule has 0 spiro atoms. The van der Waals surface area contributed by atoms with Crippen molar-refractivity contribution in [2.75, 3.05) is 22.9 Å². The van der Waals surface area contributed by atoms with Crippen LogP contribution in [-0.4, -0.2) is 53.7 Å². The van der Waals surface area contributed by atoms with Crippen LogP contribution in [0.1, 0.15) is 59.6 Å². The molecule has 2 unspecified atom stereocenters. The number of thiazole rings is 1. The second kappa shape index (κ2) is 9.95. The standard InChI is InChI=1S/C25H36N6OS2/c1-15-20-19(9-10-26-15)34-22(30-20)18-14-28-23(27-11-12-33-24(2,3)4)31-21(18)29-17-8-7-16(13-17)25(5,6)32/h9-10,14,16-17,32H,7-8,11-13H2,1-6H3,(H2,27,28,29,31). The lowest BCUT2D eigenvalue weighted by atomic mass is 9.89. The first-order valence-corrected chi connectivity index (χ1v) is 13.8. The Balaban J connectivity index is 1.59. The topological polar surface area (TPSA) is 95.9 Å². The van der Waals surface area contributed by atoms with Crippen molar-refractivity contribution in [2.24, 2.45) is 5.92 Å². The van der Waals surface area contributed by atoms with E-state index in [0.717, 1.165) is 63.9 Å². The van der Waals surface area contributed by atoms with Gasteiger partial charge >= 0.3 is 0 Å². The molecular formula is C25H36N6OS2. The summed E-state index contributed by atoms with van der Waals surface area (Å²) in [4.78, 5) is 18.7. The van der Waals surface area contributed by atoms with Gasteiger partial charge in [-0.25, -0.2) is 9.97 Å². The minimum atomic E-state index is -0.667. The van der Waals surface area contributed by atoms with E-state index in [1.165, 1.54) is 0 Å². The number of fused-ring (bicyclic) bond motifs is 1. The van der Waals surface area contributed by atoms with E-state index in [9.17, 15) is 5.11 Å². The molecule has 0 amide bonds. The van der Waals surface area contributed by atoms with Gasteiger partial charge in [-0.3, -0.25) is 4.98 Å². The van der Waals surface area contributed by atoms with Gasteiger partial charge in [-0.05, 0) is 52.0 Å². The molecule has 34 heavy (non-hydrogen) atoms. The average Bonchev–Trinajstić information content (AvgIpc) is 3.39. The number of nitrogens with zero attached hydrogens (tertiary/aromatic N) is 4. The van der Waals surface area contributed by atoms with Crippen molar-refractivity contribution in [3.05, 3.63) is 24.2 Å². The summed E-state index contributed by atoms with van der Waals surface area (Å²) >= 11 is 3.55. The largest absolute Gasteiger partial charge is 0.390 e. The summed E-state index contributed by atoms with van der Waals surface area (Å²) in [5.41, 5.74) is 2.09. The fourth-order valence-corrected chi connectivity index (χ4v) is 6.14. The van der Waals surface area contributed by atoms with Crippen LogP contribution in [-0.2, 0) is 0 Å². The van der Waals surface area contributed by atoms with E-state index in [1.807, 2.05) is 51.0 Å². The zero-order valence-corrected chi connectivity index (χ0v) is 22.6. The summed E-state index contributed by atoms with van der Waals surface area (Å²) in [7, 11) is 0. The van der Waals surface area contributed by atoms with E-state index in [1.54, 1.807) is 11.3 Å². The molecule has 0 radical (unpaired) electrons. The number of aliphatic hydroxyl groups is 1. The predicted octanol–water partition coefficient (Wildman–Crippen LogP) is 5.75. The van der Waals surface area contributed by atoms with Crippen LogP contribution in [0.5, 0.6) is 0 Å². The highest BCUT2D eigenvalue weighted by molar-refractivity contribution is 8.00. The molecule has 2 atom stereocenters. The summed E-state index contributed by atoms with van der Waals surface area (Å²) in [5, 5.41) is 18.4. The molecule has 184 valence electrons. The number of pyridine rings is 1. The van der Waals surface area contributed by atoms with Gasteiger partial charge in [-0.15, -0.1) is 11.3 Å². The van der Waals surface area contributed by atoms with Gasteiger partial charge in [-0.2, -0.15) is 16.7 Å². The molecule has 3 aromatic heterocycles. The maximum atomic E-state index is 10.5. The second-order valence-corrected chi connectivity index (χ2v) is 13.6. The Labute approximate surface area is 210 Å². The molecule has 1 saturated carbocycles. The van der Waals surface area contributed by atoms with E-state index in [4.69, 9.17) is 9.97 Å². The number of thioether (sulfide) groups is 1. The Morgan fingerprint density at radius 2 is 1.94 bits per heavy atom. The normalized spacial score (nSPS) is 19.0. The van der Waals surface area contributed by atoms with E-state index in [2.05, 4.69) is 41.4 Å². The van der Waals surface area contributed by atoms with Crippen LogP contribution < -0.4 is 10.6 Å². The molecule has 3 heterocycles. The van der Waals surface area contributed by atoms with Gasteiger partial charge in [0.25, 0.3) is 0 Å². The average molecular weight is 501 g/mol. The summed E-state index contributed by atoms with van der Waals surface area (Å²) in [5.74, 6) is 2.68. The minimum absolute atomic E-state index is 0.235. The Morgan fingerprint density at radius 3 is 2.62 bits per heavy atom. The predicted molar refractivity (Wildman–Crippen MR) is 145 cm³/mol. The quantitative estimate of drug-likeness (QED) is 0.336. The van der Waals surface area contributed by atoms with Gasteiger partial charge in [0.2, 0.25) is 5.95 Å². The van der Waals surface area contributed by atoms with Crippen LogP contribution in [0.15, 0.2) is 18.5 Å². The number of aryl methyl sites for hydroxylation is 1. The van der Waals surface area contributed by atoms with Crippen LogP contribution in [0.25, 0.3) is 20.8 Å². The summed E-state index contributed by atoms with van der Waals surface area (Å²) in [6.45, 7) is 13.3. The second-order valence-electron chi connectivity index (χ2n) is 10.6. The van der Waals surface area contributed by atoms with E-state index >= 15 is 0 Å². The highest BCUT2D eigenvalue weighted by atomic mass is 32.2. The Bertz CT molecular complexity index is 1130. The van der Waals surface area contributed by atoms with Crippen molar-refractivity contribution < 1.29 is 5.11 Å². The summed E-state index contributed by atoms with van der Waals surface area (Å²) < 4.78 is 1.34. The molecule has 1 aliphatic rings. The van der Waals surface area contributed by atoms with Gasteiger partial charge in [0.15, 0.2) is 0 Å². The molecule has 0 aromatic carbocycles. The molecule has 9 heteroatoms. The van der Waals surface area contributed by atoms with Crippen molar-refractivity contribution in [3.63, 3.8) is 0 Å². The molecular weight excluding hydrogens is 464 g/mol. The number of hydrogen-bond acceptors (Lipinski definition) is 9. The number of rotatable bonds is 8. The number of nitrogens with one attached hydrogen (secondary N) is 2. The first-order chi connectivity index (χ1) is 16.0. The summed E-state index contributed by atoms with van der Waals surface area (Å²) in [6.07, 6.45) is 6.63. The Hall–Kier alpha value is -1.97. The van der Waals surface area contributed by atoms with Crippen molar-refractivity contribution in [1.29, 1.82) is 0 Å².